The lowest BCUT2D eigenvalue weighted by molar-refractivity contribution is 0.0450. The average Bonchev–Trinajstić information content (AvgIpc) is 2.69. The second-order valence-electron chi connectivity index (χ2n) is 2.87. The molecule has 1 heterocycles. The van der Waals surface area contributed by atoms with Gasteiger partial charge in [-0.25, -0.2) is 4.79 Å². The van der Waals surface area contributed by atoms with Crippen LogP contribution in [0.1, 0.15) is 0 Å². The number of primary amides is 1. The summed E-state index contributed by atoms with van der Waals surface area (Å²) in [5, 5.41) is 32.4. The van der Waals surface area contributed by atoms with Crippen LogP contribution >= 0.6 is 0 Å². The first-order chi connectivity index (χ1) is 7.10. The van der Waals surface area contributed by atoms with Crippen molar-refractivity contribution in [2.45, 2.75) is 12.4 Å². The molecule has 8 nitrogen and oxygen atoms in total. The van der Waals surface area contributed by atoms with E-state index in [-0.39, 0.29) is 19.5 Å². The summed E-state index contributed by atoms with van der Waals surface area (Å²) in [6.45, 7) is 1.00. The van der Waals surface area contributed by atoms with Gasteiger partial charge in [0.2, 0.25) is 0 Å². The van der Waals surface area contributed by atoms with E-state index >= 15 is 0 Å². The molecule has 0 unspecified atom stereocenters. The van der Waals surface area contributed by atoms with Crippen molar-refractivity contribution < 1.29 is 20.1 Å². The third kappa shape index (κ3) is 8.09. The van der Waals surface area contributed by atoms with E-state index in [1.165, 1.54) is 0 Å². The molecule has 2 amide bonds. The van der Waals surface area contributed by atoms with E-state index in [1.807, 2.05) is 0 Å². The van der Waals surface area contributed by atoms with E-state index in [1.54, 1.807) is 0 Å². The first-order valence-electron chi connectivity index (χ1n) is 4.52. The van der Waals surface area contributed by atoms with Gasteiger partial charge in [-0.2, -0.15) is 0 Å². The van der Waals surface area contributed by atoms with Gasteiger partial charge in [0, 0.05) is 13.1 Å². The van der Waals surface area contributed by atoms with E-state index in [4.69, 9.17) is 21.1 Å². The maximum atomic E-state index is 10.2. The van der Waals surface area contributed by atoms with Crippen LogP contribution in [0.5, 0.6) is 0 Å². The molecule has 90 valence electrons. The Morgan fingerprint density at radius 1 is 1.40 bits per heavy atom. The normalized spacial score (nSPS) is 16.0. The molecule has 8 heteroatoms. The van der Waals surface area contributed by atoms with Gasteiger partial charge in [0.1, 0.15) is 12.4 Å². The molecule has 1 aliphatic heterocycles. The van der Waals surface area contributed by atoms with Gasteiger partial charge < -0.3 is 26.4 Å². The number of aliphatic hydroxyl groups is 3. The summed E-state index contributed by atoms with van der Waals surface area (Å²) < 4.78 is 0. The van der Waals surface area contributed by atoms with Gasteiger partial charge in [0.15, 0.2) is 0 Å². The van der Waals surface area contributed by atoms with Crippen LogP contribution in [0, 0.1) is 0 Å². The van der Waals surface area contributed by atoms with Crippen LogP contribution in [-0.2, 0) is 0 Å². The van der Waals surface area contributed by atoms with E-state index in [9.17, 15) is 4.79 Å². The minimum absolute atomic E-state index is 0.137. The molecular weight excluding hydrogens is 204 g/mol. The molecule has 0 spiro atoms. The molecular formula is C7H18N4O4. The van der Waals surface area contributed by atoms with Gasteiger partial charge in [-0.3, -0.25) is 10.6 Å². The number of urea groups is 1. The third-order valence-electron chi connectivity index (χ3n) is 1.53. The predicted octanol–water partition coefficient (Wildman–Crippen LogP) is -3.54. The number of aliphatic hydroxyl groups excluding tert-OH is 3. The Kier molecular flexibility index (Phi) is 7.86. The van der Waals surface area contributed by atoms with Gasteiger partial charge in [-0.15, -0.1) is 0 Å². The Hall–Kier alpha value is -0.930. The second-order valence-corrected chi connectivity index (χ2v) is 2.87. The number of amides is 2. The van der Waals surface area contributed by atoms with Crippen molar-refractivity contribution in [1.82, 2.24) is 16.0 Å². The Bertz CT molecular complexity index is 170. The highest BCUT2D eigenvalue weighted by atomic mass is 16.3. The van der Waals surface area contributed by atoms with Crippen LogP contribution in [-0.4, -0.2) is 60.0 Å². The molecule has 0 bridgehead atoms. The van der Waals surface area contributed by atoms with Gasteiger partial charge in [-0.1, -0.05) is 0 Å². The summed E-state index contributed by atoms with van der Waals surface area (Å²) >= 11 is 0. The topological polar surface area (TPSA) is 140 Å². The first kappa shape index (κ1) is 14.1. The SMILES string of the molecule is NC(=O)NC1NCCN1.OCC(O)CO. The van der Waals surface area contributed by atoms with Crippen molar-refractivity contribution >= 4 is 6.03 Å². The molecule has 1 rings (SSSR count). The maximum Gasteiger partial charge on any atom is 0.314 e. The van der Waals surface area contributed by atoms with Crippen molar-refractivity contribution in [3.63, 3.8) is 0 Å². The zero-order valence-corrected chi connectivity index (χ0v) is 8.31. The molecule has 0 radical (unpaired) electrons. The molecule has 1 aliphatic rings. The van der Waals surface area contributed by atoms with Crippen molar-refractivity contribution in [1.29, 1.82) is 0 Å². The number of nitrogens with two attached hydrogens (primary N) is 1. The summed E-state index contributed by atoms with van der Waals surface area (Å²) in [5.41, 5.74) is 4.84. The largest absolute Gasteiger partial charge is 0.394 e. The minimum Gasteiger partial charge on any atom is -0.394 e. The van der Waals surface area contributed by atoms with Crippen LogP contribution < -0.4 is 21.7 Å². The Labute approximate surface area is 87.5 Å². The lowest BCUT2D eigenvalue weighted by Crippen LogP contribution is -2.50. The summed E-state index contributed by atoms with van der Waals surface area (Å²) in [5.74, 6) is 0. The molecule has 0 aromatic rings. The predicted molar refractivity (Wildman–Crippen MR) is 52.7 cm³/mol. The average molecular weight is 222 g/mol. The summed E-state index contributed by atoms with van der Waals surface area (Å²) in [6, 6.07) is -0.512. The molecule has 1 saturated heterocycles. The smallest absolute Gasteiger partial charge is 0.314 e. The number of hydrogen-bond acceptors (Lipinski definition) is 6. The quantitative estimate of drug-likeness (QED) is 0.264. The third-order valence-corrected chi connectivity index (χ3v) is 1.53. The van der Waals surface area contributed by atoms with Crippen molar-refractivity contribution in [3.8, 4) is 0 Å². The Balaban J connectivity index is 0.000000288. The van der Waals surface area contributed by atoms with Gasteiger partial charge in [0.25, 0.3) is 0 Å². The standard InChI is InChI=1S/C4H10N4O.C3H8O3/c5-3(9)8-4-6-1-2-7-4;4-1-3(6)2-5/h4,6-7H,1-2H2,(H3,5,8,9);3-6H,1-2H2. The van der Waals surface area contributed by atoms with E-state index in [2.05, 4.69) is 16.0 Å². The Morgan fingerprint density at radius 3 is 2.13 bits per heavy atom. The molecule has 0 saturated carbocycles. The zero-order valence-electron chi connectivity index (χ0n) is 8.31. The highest BCUT2D eigenvalue weighted by Gasteiger charge is 2.12. The molecule has 0 aromatic carbocycles. The lowest BCUT2D eigenvalue weighted by atomic mass is 10.4. The van der Waals surface area contributed by atoms with Crippen LogP contribution in [0.25, 0.3) is 0 Å². The fraction of sp³-hybridized carbons (Fsp3) is 0.857. The van der Waals surface area contributed by atoms with Gasteiger partial charge in [-0.05, 0) is 0 Å². The number of hydrogen-bond donors (Lipinski definition) is 7. The molecule has 1 fully saturated rings. The maximum absolute atomic E-state index is 10.2. The minimum atomic E-state index is -0.954. The van der Waals surface area contributed by atoms with Gasteiger partial charge in [0.05, 0.1) is 13.2 Å². The second kappa shape index (κ2) is 8.38. The number of nitrogens with one attached hydrogen (secondary N) is 3. The molecule has 15 heavy (non-hydrogen) atoms. The lowest BCUT2D eigenvalue weighted by Gasteiger charge is -2.09. The monoisotopic (exact) mass is 222 g/mol. The molecule has 8 N–H and O–H groups in total. The molecule has 0 aromatic heterocycles. The summed E-state index contributed by atoms with van der Waals surface area (Å²) in [6.07, 6.45) is -1.09. The van der Waals surface area contributed by atoms with Crippen LogP contribution in [0.4, 0.5) is 4.79 Å². The highest BCUT2D eigenvalue weighted by Crippen LogP contribution is 1.77. The zero-order chi connectivity index (χ0) is 11.7. The van der Waals surface area contributed by atoms with Crippen LogP contribution in [0.15, 0.2) is 0 Å². The summed E-state index contributed by atoms with van der Waals surface area (Å²) in [4.78, 5) is 10.2. The highest BCUT2D eigenvalue weighted by molar-refractivity contribution is 5.71. The van der Waals surface area contributed by atoms with E-state index in [0.29, 0.717) is 0 Å². The van der Waals surface area contributed by atoms with Crippen LogP contribution in [0.2, 0.25) is 0 Å². The van der Waals surface area contributed by atoms with E-state index < -0.39 is 12.1 Å². The molecule has 0 aliphatic carbocycles. The summed E-state index contributed by atoms with van der Waals surface area (Å²) in [7, 11) is 0. The number of rotatable bonds is 3. The fourth-order valence-electron chi connectivity index (χ4n) is 0.807. The molecule has 0 atom stereocenters. The van der Waals surface area contributed by atoms with Crippen molar-refractivity contribution in [2.24, 2.45) is 5.73 Å². The number of carbonyl (C=O) groups excluding carboxylic acids is 1. The first-order valence-corrected chi connectivity index (χ1v) is 4.52. The Morgan fingerprint density at radius 2 is 1.87 bits per heavy atom. The van der Waals surface area contributed by atoms with Crippen LogP contribution in [0.3, 0.4) is 0 Å². The number of carbonyl (C=O) groups is 1. The van der Waals surface area contributed by atoms with E-state index in [0.717, 1.165) is 13.1 Å². The van der Waals surface area contributed by atoms with Crippen molar-refractivity contribution in [3.05, 3.63) is 0 Å². The van der Waals surface area contributed by atoms with Gasteiger partial charge >= 0.3 is 6.03 Å². The van der Waals surface area contributed by atoms with Crippen molar-refractivity contribution in [2.75, 3.05) is 26.3 Å². The fourth-order valence-corrected chi connectivity index (χ4v) is 0.807.